The van der Waals surface area contributed by atoms with Gasteiger partial charge in [0.1, 0.15) is 0 Å². The Morgan fingerprint density at radius 2 is 2.05 bits per heavy atom. The third-order valence-electron chi connectivity index (χ3n) is 2.76. The number of carbonyl (C=O) groups excluding carboxylic acids is 1. The van der Waals surface area contributed by atoms with Crippen LogP contribution in [-0.2, 0) is 4.79 Å². The molecule has 0 heterocycles. The fraction of sp³-hybridized carbons (Fsp3) is 0.385. The number of aliphatic carboxylic acids is 1. The summed E-state index contributed by atoms with van der Waals surface area (Å²) >= 11 is 11.7. The number of hydrogen-bond donors (Lipinski definition) is 2. The van der Waals surface area contributed by atoms with Gasteiger partial charge in [0.2, 0.25) is 0 Å². The smallest absolute Gasteiger partial charge is 0.321 e. The summed E-state index contributed by atoms with van der Waals surface area (Å²) in [6.07, 6.45) is 0. The van der Waals surface area contributed by atoms with Crippen molar-refractivity contribution in [1.82, 2.24) is 4.90 Å². The van der Waals surface area contributed by atoms with Gasteiger partial charge in [-0.05, 0) is 25.1 Å². The molecule has 5 nitrogen and oxygen atoms in total. The molecule has 0 aliphatic rings. The molecule has 7 heteroatoms. The van der Waals surface area contributed by atoms with Crippen molar-refractivity contribution in [3.8, 4) is 0 Å². The van der Waals surface area contributed by atoms with Gasteiger partial charge < -0.3 is 15.3 Å². The first-order chi connectivity index (χ1) is 9.35. The molecule has 0 radical (unpaired) electrons. The van der Waals surface area contributed by atoms with Gasteiger partial charge in [-0.2, -0.15) is 0 Å². The van der Waals surface area contributed by atoms with Gasteiger partial charge in [0.15, 0.2) is 0 Å². The van der Waals surface area contributed by atoms with Gasteiger partial charge in [-0.1, -0.05) is 30.1 Å². The second-order valence-electron chi connectivity index (χ2n) is 4.33. The molecule has 0 aromatic heterocycles. The molecule has 1 aromatic rings. The van der Waals surface area contributed by atoms with Gasteiger partial charge >= 0.3 is 12.0 Å². The molecule has 0 aliphatic carbocycles. The molecule has 1 unspecified atom stereocenters. The number of nitrogens with one attached hydrogen (secondary N) is 1. The van der Waals surface area contributed by atoms with Crippen LogP contribution in [0, 0.1) is 5.92 Å². The molecule has 0 saturated carbocycles. The topological polar surface area (TPSA) is 69.6 Å². The molecule has 0 aliphatic heterocycles. The lowest BCUT2D eigenvalue weighted by Crippen LogP contribution is -2.39. The minimum atomic E-state index is -0.944. The lowest BCUT2D eigenvalue weighted by molar-refractivity contribution is -0.141. The zero-order valence-electron chi connectivity index (χ0n) is 11.2. The monoisotopic (exact) mass is 318 g/mol. The Hall–Kier alpha value is -1.46. The van der Waals surface area contributed by atoms with Gasteiger partial charge in [-0.3, -0.25) is 4.79 Å². The number of urea groups is 1. The van der Waals surface area contributed by atoms with Crippen LogP contribution in [0.5, 0.6) is 0 Å². The number of carbonyl (C=O) groups is 2. The molecule has 0 fully saturated rings. The van der Waals surface area contributed by atoms with Gasteiger partial charge in [0.05, 0.1) is 16.6 Å². The van der Waals surface area contributed by atoms with Crippen LogP contribution < -0.4 is 5.32 Å². The van der Waals surface area contributed by atoms with E-state index in [1.54, 1.807) is 26.0 Å². The van der Waals surface area contributed by atoms with E-state index in [4.69, 9.17) is 28.3 Å². The SMILES string of the molecule is CCN(CC(C)C(=O)O)C(=O)Nc1ccc(Cl)cc1Cl. The first kappa shape index (κ1) is 16.6. The molecule has 2 N–H and O–H groups in total. The number of hydrogen-bond acceptors (Lipinski definition) is 2. The van der Waals surface area contributed by atoms with Crippen LogP contribution in [0.25, 0.3) is 0 Å². The summed E-state index contributed by atoms with van der Waals surface area (Å²) in [5.41, 5.74) is 0.433. The lowest BCUT2D eigenvalue weighted by atomic mass is 10.2. The standard InChI is InChI=1S/C13H16Cl2N2O3/c1-3-17(7-8(2)12(18)19)13(20)16-11-5-4-9(14)6-10(11)15/h4-6,8H,3,7H2,1-2H3,(H,16,20)(H,18,19). The minimum Gasteiger partial charge on any atom is -0.481 e. The number of halogens is 2. The highest BCUT2D eigenvalue weighted by Gasteiger charge is 2.19. The van der Waals surface area contributed by atoms with Crippen LogP contribution in [0.1, 0.15) is 13.8 Å². The second kappa shape index (κ2) is 7.36. The van der Waals surface area contributed by atoms with Crippen molar-refractivity contribution >= 4 is 40.9 Å². The summed E-state index contributed by atoms with van der Waals surface area (Å²) in [5.74, 6) is -1.58. The molecule has 0 bridgehead atoms. The third kappa shape index (κ3) is 4.58. The van der Waals surface area contributed by atoms with E-state index in [1.165, 1.54) is 11.0 Å². The second-order valence-corrected chi connectivity index (χ2v) is 5.18. The zero-order chi connectivity index (χ0) is 15.3. The van der Waals surface area contributed by atoms with Crippen molar-refractivity contribution in [2.24, 2.45) is 5.92 Å². The van der Waals surface area contributed by atoms with Gasteiger partial charge in [0.25, 0.3) is 0 Å². The van der Waals surface area contributed by atoms with Crippen LogP contribution in [0.4, 0.5) is 10.5 Å². The maximum Gasteiger partial charge on any atom is 0.321 e. The fourth-order valence-corrected chi connectivity index (χ4v) is 2.01. The first-order valence-corrected chi connectivity index (χ1v) is 6.84. The molecule has 1 rings (SSSR count). The van der Waals surface area contributed by atoms with Crippen LogP contribution in [0.3, 0.4) is 0 Å². The van der Waals surface area contributed by atoms with E-state index in [2.05, 4.69) is 5.32 Å². The Labute approximate surface area is 127 Å². The van der Waals surface area contributed by atoms with E-state index in [9.17, 15) is 9.59 Å². The number of amides is 2. The number of carboxylic acids is 1. The Kier molecular flexibility index (Phi) is 6.10. The van der Waals surface area contributed by atoms with Crippen molar-refractivity contribution < 1.29 is 14.7 Å². The lowest BCUT2D eigenvalue weighted by Gasteiger charge is -2.23. The Balaban J connectivity index is 2.74. The van der Waals surface area contributed by atoms with E-state index >= 15 is 0 Å². The van der Waals surface area contributed by atoms with E-state index in [0.717, 1.165) is 0 Å². The maximum atomic E-state index is 12.1. The number of carboxylic acid groups (broad SMARTS) is 1. The Morgan fingerprint density at radius 3 is 2.55 bits per heavy atom. The Morgan fingerprint density at radius 1 is 1.40 bits per heavy atom. The molecule has 0 saturated heterocycles. The molecule has 0 spiro atoms. The van der Waals surface area contributed by atoms with E-state index in [0.29, 0.717) is 22.3 Å². The highest BCUT2D eigenvalue weighted by molar-refractivity contribution is 6.36. The van der Waals surface area contributed by atoms with Crippen LogP contribution >= 0.6 is 23.2 Å². The molecule has 2 amide bonds. The number of anilines is 1. The number of benzene rings is 1. The summed E-state index contributed by atoms with van der Waals surface area (Å²) in [4.78, 5) is 24.3. The van der Waals surface area contributed by atoms with E-state index < -0.39 is 17.9 Å². The molecule has 20 heavy (non-hydrogen) atoms. The number of nitrogens with zero attached hydrogens (tertiary/aromatic N) is 1. The highest BCUT2D eigenvalue weighted by Crippen LogP contribution is 2.25. The van der Waals surface area contributed by atoms with Crippen molar-refractivity contribution in [3.05, 3.63) is 28.2 Å². The fourth-order valence-electron chi connectivity index (χ4n) is 1.55. The summed E-state index contributed by atoms with van der Waals surface area (Å²) in [6, 6.07) is 4.33. The summed E-state index contributed by atoms with van der Waals surface area (Å²) in [5, 5.41) is 12.3. The molecular weight excluding hydrogens is 303 g/mol. The number of rotatable bonds is 5. The predicted octanol–water partition coefficient (Wildman–Crippen LogP) is 3.57. The summed E-state index contributed by atoms with van der Waals surface area (Å²) in [6.45, 7) is 3.85. The third-order valence-corrected chi connectivity index (χ3v) is 3.31. The van der Waals surface area contributed by atoms with Crippen molar-refractivity contribution in [2.45, 2.75) is 13.8 Å². The Bertz CT molecular complexity index is 508. The molecule has 1 atom stereocenters. The summed E-state index contributed by atoms with van der Waals surface area (Å²) in [7, 11) is 0. The molecule has 1 aromatic carbocycles. The van der Waals surface area contributed by atoms with Crippen molar-refractivity contribution in [2.75, 3.05) is 18.4 Å². The van der Waals surface area contributed by atoms with E-state index in [1.807, 2.05) is 0 Å². The minimum absolute atomic E-state index is 0.128. The zero-order valence-corrected chi connectivity index (χ0v) is 12.7. The normalized spacial score (nSPS) is 11.8. The van der Waals surface area contributed by atoms with E-state index in [-0.39, 0.29) is 6.54 Å². The van der Waals surface area contributed by atoms with Crippen LogP contribution in [-0.4, -0.2) is 35.1 Å². The first-order valence-electron chi connectivity index (χ1n) is 6.09. The average molecular weight is 319 g/mol. The highest BCUT2D eigenvalue weighted by atomic mass is 35.5. The van der Waals surface area contributed by atoms with Crippen LogP contribution in [0.15, 0.2) is 18.2 Å². The maximum absolute atomic E-state index is 12.1. The quantitative estimate of drug-likeness (QED) is 0.872. The van der Waals surface area contributed by atoms with Gasteiger partial charge in [-0.25, -0.2) is 4.79 Å². The van der Waals surface area contributed by atoms with Crippen LogP contribution in [0.2, 0.25) is 10.0 Å². The van der Waals surface area contributed by atoms with Gasteiger partial charge in [0, 0.05) is 18.1 Å². The predicted molar refractivity (Wildman–Crippen MR) is 79.5 cm³/mol. The average Bonchev–Trinajstić information content (AvgIpc) is 2.38. The van der Waals surface area contributed by atoms with Gasteiger partial charge in [-0.15, -0.1) is 0 Å². The largest absolute Gasteiger partial charge is 0.481 e. The van der Waals surface area contributed by atoms with Crippen molar-refractivity contribution in [3.63, 3.8) is 0 Å². The molecular formula is C13H16Cl2N2O3. The van der Waals surface area contributed by atoms with Crippen molar-refractivity contribution in [1.29, 1.82) is 0 Å². The molecule has 110 valence electrons. The summed E-state index contributed by atoms with van der Waals surface area (Å²) < 4.78 is 0.